The molecule has 0 unspecified atom stereocenters. The van der Waals surface area contributed by atoms with Crippen LogP contribution in [0, 0.1) is 0 Å². The molecular weight excluding hydrogens is 339 g/mol. The number of benzene rings is 2. The van der Waals surface area contributed by atoms with Crippen LogP contribution < -0.4 is 4.74 Å². The van der Waals surface area contributed by atoms with Crippen LogP contribution in [0.3, 0.4) is 0 Å². The summed E-state index contributed by atoms with van der Waals surface area (Å²) in [4.78, 5) is 4.14. The fraction of sp³-hybridized carbons (Fsp3) is 0.190. The molecule has 26 heavy (non-hydrogen) atoms. The van der Waals surface area contributed by atoms with Crippen LogP contribution in [0.25, 0.3) is 11.1 Å². The number of ether oxygens (including phenoxy) is 1. The Hall–Kier alpha value is -2.82. The zero-order valence-corrected chi connectivity index (χ0v) is 14.3. The second kappa shape index (κ2) is 7.60. The van der Waals surface area contributed by atoms with E-state index in [2.05, 4.69) is 11.9 Å². The van der Waals surface area contributed by atoms with E-state index in [1.54, 1.807) is 24.5 Å². The summed E-state index contributed by atoms with van der Waals surface area (Å²) in [7, 11) is 0. The molecule has 3 aromatic rings. The van der Waals surface area contributed by atoms with Gasteiger partial charge >= 0.3 is 6.18 Å². The Kier molecular flexibility index (Phi) is 5.26. The highest BCUT2D eigenvalue weighted by atomic mass is 19.4. The van der Waals surface area contributed by atoms with Crippen LogP contribution in [-0.4, -0.2) is 4.98 Å². The predicted octanol–water partition coefficient (Wildman–Crippen LogP) is 5.91. The van der Waals surface area contributed by atoms with Gasteiger partial charge in [-0.25, -0.2) is 0 Å². The summed E-state index contributed by atoms with van der Waals surface area (Å²) in [6.45, 7) is 2.37. The normalized spacial score (nSPS) is 11.4. The first kappa shape index (κ1) is 18.0. The van der Waals surface area contributed by atoms with E-state index in [0.717, 1.165) is 29.9 Å². The van der Waals surface area contributed by atoms with Gasteiger partial charge in [-0.05, 0) is 47.9 Å². The van der Waals surface area contributed by atoms with E-state index in [1.165, 1.54) is 11.6 Å². The number of rotatable bonds is 5. The summed E-state index contributed by atoms with van der Waals surface area (Å²) in [6.07, 6.45) is -0.240. The zero-order chi connectivity index (χ0) is 18.6. The molecule has 1 heterocycles. The van der Waals surface area contributed by atoms with Gasteiger partial charge in [0.15, 0.2) is 0 Å². The van der Waals surface area contributed by atoms with E-state index in [-0.39, 0.29) is 0 Å². The Morgan fingerprint density at radius 1 is 0.885 bits per heavy atom. The van der Waals surface area contributed by atoms with Crippen molar-refractivity contribution >= 4 is 0 Å². The molecule has 3 rings (SSSR count). The van der Waals surface area contributed by atoms with E-state index in [0.29, 0.717) is 17.7 Å². The summed E-state index contributed by atoms with van der Waals surface area (Å²) in [5.41, 5.74) is 2.40. The largest absolute Gasteiger partial charge is 0.489 e. The van der Waals surface area contributed by atoms with Gasteiger partial charge in [0.05, 0.1) is 5.56 Å². The summed E-state index contributed by atoms with van der Waals surface area (Å²) >= 11 is 0. The van der Waals surface area contributed by atoms with Crippen LogP contribution in [0.5, 0.6) is 5.75 Å². The van der Waals surface area contributed by atoms with Crippen molar-refractivity contribution in [3.8, 4) is 16.9 Å². The van der Waals surface area contributed by atoms with Crippen LogP contribution in [-0.2, 0) is 19.2 Å². The van der Waals surface area contributed by atoms with Gasteiger partial charge in [-0.1, -0.05) is 31.2 Å². The average Bonchev–Trinajstić information content (AvgIpc) is 2.66. The number of pyridine rings is 1. The van der Waals surface area contributed by atoms with Crippen molar-refractivity contribution in [3.05, 3.63) is 83.7 Å². The Morgan fingerprint density at radius 3 is 2.46 bits per heavy atom. The van der Waals surface area contributed by atoms with Crippen molar-refractivity contribution < 1.29 is 17.9 Å². The van der Waals surface area contributed by atoms with Crippen molar-refractivity contribution in [2.24, 2.45) is 0 Å². The molecule has 2 nitrogen and oxygen atoms in total. The predicted molar refractivity (Wildman–Crippen MR) is 94.8 cm³/mol. The smallest absolute Gasteiger partial charge is 0.416 e. The minimum atomic E-state index is -4.37. The third-order valence-corrected chi connectivity index (χ3v) is 4.03. The lowest BCUT2D eigenvalue weighted by Crippen LogP contribution is -2.04. The van der Waals surface area contributed by atoms with E-state index in [9.17, 15) is 13.2 Å². The number of hydrogen-bond acceptors (Lipinski definition) is 2. The SMILES string of the molecule is CCc1cccc(OCc2cncc(-c3cccc(C(F)(F)F)c3)c2)c1. The number of aromatic nitrogens is 1. The van der Waals surface area contributed by atoms with E-state index in [4.69, 9.17) is 4.74 Å². The minimum Gasteiger partial charge on any atom is -0.489 e. The first-order valence-electron chi connectivity index (χ1n) is 8.29. The second-order valence-corrected chi connectivity index (χ2v) is 5.95. The quantitative estimate of drug-likeness (QED) is 0.566. The highest BCUT2D eigenvalue weighted by molar-refractivity contribution is 5.64. The van der Waals surface area contributed by atoms with Gasteiger partial charge < -0.3 is 4.74 Å². The first-order valence-corrected chi connectivity index (χ1v) is 8.29. The van der Waals surface area contributed by atoms with Crippen LogP contribution in [0.1, 0.15) is 23.6 Å². The summed E-state index contributed by atoms with van der Waals surface area (Å²) in [5.74, 6) is 0.758. The molecule has 0 fully saturated rings. The van der Waals surface area contributed by atoms with E-state index >= 15 is 0 Å². The molecule has 0 saturated heterocycles. The van der Waals surface area contributed by atoms with Gasteiger partial charge in [-0.3, -0.25) is 4.98 Å². The molecule has 5 heteroatoms. The number of alkyl halides is 3. The topological polar surface area (TPSA) is 22.1 Å². The number of nitrogens with zero attached hydrogens (tertiary/aromatic N) is 1. The molecule has 0 spiro atoms. The molecule has 0 aliphatic rings. The monoisotopic (exact) mass is 357 g/mol. The third kappa shape index (κ3) is 4.42. The maximum Gasteiger partial charge on any atom is 0.416 e. The Balaban J connectivity index is 1.78. The van der Waals surface area contributed by atoms with Gasteiger partial charge in [-0.2, -0.15) is 13.2 Å². The molecule has 0 radical (unpaired) electrons. The zero-order valence-electron chi connectivity index (χ0n) is 14.3. The van der Waals surface area contributed by atoms with Crippen molar-refractivity contribution in [3.63, 3.8) is 0 Å². The Morgan fingerprint density at radius 2 is 1.69 bits per heavy atom. The molecule has 2 aromatic carbocycles. The molecule has 134 valence electrons. The van der Waals surface area contributed by atoms with Gasteiger partial charge in [0.2, 0.25) is 0 Å². The standard InChI is InChI=1S/C21H18F3NO/c1-2-15-5-3-8-20(10-15)26-14-16-9-18(13-25-12-16)17-6-4-7-19(11-17)21(22,23)24/h3-13H,2,14H2,1H3. The van der Waals surface area contributed by atoms with Gasteiger partial charge in [0, 0.05) is 23.5 Å². The fourth-order valence-corrected chi connectivity index (χ4v) is 2.62. The molecule has 0 bridgehead atoms. The maximum atomic E-state index is 12.9. The van der Waals surface area contributed by atoms with Gasteiger partial charge in [-0.15, -0.1) is 0 Å². The van der Waals surface area contributed by atoms with E-state index < -0.39 is 11.7 Å². The molecule has 0 saturated carbocycles. The van der Waals surface area contributed by atoms with Crippen molar-refractivity contribution in [2.45, 2.75) is 26.1 Å². The van der Waals surface area contributed by atoms with Crippen LogP contribution in [0.4, 0.5) is 13.2 Å². The van der Waals surface area contributed by atoms with Gasteiger partial charge in [0.1, 0.15) is 12.4 Å². The Bertz CT molecular complexity index is 890. The number of halogens is 3. The first-order chi connectivity index (χ1) is 12.5. The molecule has 0 aliphatic carbocycles. The maximum absolute atomic E-state index is 12.9. The van der Waals surface area contributed by atoms with Crippen molar-refractivity contribution in [1.82, 2.24) is 4.98 Å². The molecule has 0 aliphatic heterocycles. The highest BCUT2D eigenvalue weighted by Crippen LogP contribution is 2.32. The van der Waals surface area contributed by atoms with Crippen molar-refractivity contribution in [1.29, 1.82) is 0 Å². The minimum absolute atomic E-state index is 0.299. The molecule has 0 amide bonds. The van der Waals surface area contributed by atoms with Crippen molar-refractivity contribution in [2.75, 3.05) is 0 Å². The summed E-state index contributed by atoms with van der Waals surface area (Å²) < 4.78 is 44.5. The lowest BCUT2D eigenvalue weighted by Gasteiger charge is -2.10. The third-order valence-electron chi connectivity index (χ3n) is 4.03. The molecule has 0 atom stereocenters. The summed E-state index contributed by atoms with van der Waals surface area (Å²) in [5, 5.41) is 0. The van der Waals surface area contributed by atoms with Crippen LogP contribution >= 0.6 is 0 Å². The van der Waals surface area contributed by atoms with Gasteiger partial charge in [0.25, 0.3) is 0 Å². The lowest BCUT2D eigenvalue weighted by atomic mass is 10.0. The fourth-order valence-electron chi connectivity index (χ4n) is 2.62. The van der Waals surface area contributed by atoms with E-state index in [1.807, 2.05) is 24.3 Å². The molecular formula is C21H18F3NO. The molecule has 1 aromatic heterocycles. The Labute approximate surface area is 150 Å². The highest BCUT2D eigenvalue weighted by Gasteiger charge is 2.30. The lowest BCUT2D eigenvalue weighted by molar-refractivity contribution is -0.137. The number of hydrogen-bond donors (Lipinski definition) is 0. The summed E-state index contributed by atoms with van der Waals surface area (Å²) in [6, 6.07) is 14.9. The van der Waals surface area contributed by atoms with Crippen LogP contribution in [0.15, 0.2) is 67.0 Å². The number of aryl methyl sites for hydroxylation is 1. The molecule has 0 N–H and O–H groups in total. The second-order valence-electron chi connectivity index (χ2n) is 5.95. The van der Waals surface area contributed by atoms with Crippen LogP contribution in [0.2, 0.25) is 0 Å². The average molecular weight is 357 g/mol.